The highest BCUT2D eigenvalue weighted by molar-refractivity contribution is 9.10. The van der Waals surface area contributed by atoms with Gasteiger partial charge in [0.2, 0.25) is 10.0 Å². The molecule has 0 aromatic heterocycles. The van der Waals surface area contributed by atoms with Gasteiger partial charge in [0.25, 0.3) is 0 Å². The van der Waals surface area contributed by atoms with E-state index in [-0.39, 0.29) is 23.6 Å². The van der Waals surface area contributed by atoms with E-state index in [1.807, 2.05) is 0 Å². The molecule has 0 radical (unpaired) electrons. The number of carbonyl (C=O) groups excluding carboxylic acids is 1. The van der Waals surface area contributed by atoms with Gasteiger partial charge in [-0.2, -0.15) is 0 Å². The average Bonchev–Trinajstić information content (AvgIpc) is 3.01. The van der Waals surface area contributed by atoms with Crippen molar-refractivity contribution >= 4 is 31.9 Å². The van der Waals surface area contributed by atoms with Gasteiger partial charge in [-0.25, -0.2) is 17.9 Å². The van der Waals surface area contributed by atoms with Gasteiger partial charge in [-0.15, -0.1) is 0 Å². The highest BCUT2D eigenvalue weighted by Crippen LogP contribution is 2.25. The summed E-state index contributed by atoms with van der Waals surface area (Å²) in [5, 5.41) is 0. The van der Waals surface area contributed by atoms with Crippen LogP contribution in [0, 0.1) is 0 Å². The summed E-state index contributed by atoms with van der Waals surface area (Å²) in [5.74, 6) is -0.488. The summed E-state index contributed by atoms with van der Waals surface area (Å²) in [6.07, 6.45) is 1.67. The molecule has 1 saturated heterocycles. The molecule has 1 aliphatic heterocycles. The maximum absolute atomic E-state index is 12.5. The van der Waals surface area contributed by atoms with Gasteiger partial charge in [-0.1, -0.05) is 0 Å². The summed E-state index contributed by atoms with van der Waals surface area (Å²) >= 11 is 3.22. The van der Waals surface area contributed by atoms with Gasteiger partial charge in [-0.05, 0) is 60.8 Å². The first-order chi connectivity index (χ1) is 10.8. The van der Waals surface area contributed by atoms with Crippen molar-refractivity contribution in [1.29, 1.82) is 0 Å². The van der Waals surface area contributed by atoms with E-state index in [0.29, 0.717) is 16.6 Å². The Morgan fingerprint density at radius 3 is 2.83 bits per heavy atom. The highest BCUT2D eigenvalue weighted by Gasteiger charge is 2.28. The molecule has 0 aliphatic carbocycles. The van der Waals surface area contributed by atoms with Crippen molar-refractivity contribution in [2.24, 2.45) is 0 Å². The first kappa shape index (κ1) is 18.4. The number of carbonyl (C=O) groups is 1. The van der Waals surface area contributed by atoms with Crippen LogP contribution in [0.5, 0.6) is 0 Å². The molecule has 1 aromatic rings. The van der Waals surface area contributed by atoms with Gasteiger partial charge in [0.15, 0.2) is 0 Å². The molecule has 2 unspecified atom stereocenters. The van der Waals surface area contributed by atoms with Crippen molar-refractivity contribution in [2.45, 2.75) is 43.7 Å². The van der Waals surface area contributed by atoms with Crippen LogP contribution in [-0.2, 0) is 19.5 Å². The third-order valence-electron chi connectivity index (χ3n) is 3.60. The molecular formula is C15H20BrNO5S. The van der Waals surface area contributed by atoms with Gasteiger partial charge in [-0.3, -0.25) is 0 Å². The lowest BCUT2D eigenvalue weighted by Crippen LogP contribution is -2.40. The van der Waals surface area contributed by atoms with Crippen LogP contribution >= 0.6 is 15.9 Å². The van der Waals surface area contributed by atoms with Crippen molar-refractivity contribution in [3.05, 3.63) is 28.2 Å². The molecule has 23 heavy (non-hydrogen) atoms. The monoisotopic (exact) mass is 405 g/mol. The zero-order valence-corrected chi connectivity index (χ0v) is 15.4. The molecule has 2 atom stereocenters. The van der Waals surface area contributed by atoms with E-state index in [4.69, 9.17) is 9.47 Å². The lowest BCUT2D eigenvalue weighted by molar-refractivity contribution is 0.0526. The van der Waals surface area contributed by atoms with Crippen LogP contribution in [0.15, 0.2) is 27.6 Å². The molecular weight excluding hydrogens is 386 g/mol. The van der Waals surface area contributed by atoms with Crippen LogP contribution < -0.4 is 4.72 Å². The molecule has 0 spiro atoms. The summed E-state index contributed by atoms with van der Waals surface area (Å²) in [6.45, 7) is 4.42. The molecule has 0 saturated carbocycles. The van der Waals surface area contributed by atoms with E-state index in [1.165, 1.54) is 18.2 Å². The van der Waals surface area contributed by atoms with Crippen LogP contribution in [0.25, 0.3) is 0 Å². The van der Waals surface area contributed by atoms with Crippen LogP contribution in [0.2, 0.25) is 0 Å². The van der Waals surface area contributed by atoms with Gasteiger partial charge >= 0.3 is 5.97 Å². The maximum Gasteiger partial charge on any atom is 0.338 e. The Balaban J connectivity index is 2.17. The highest BCUT2D eigenvalue weighted by atomic mass is 79.9. The molecule has 1 N–H and O–H groups in total. The van der Waals surface area contributed by atoms with Gasteiger partial charge in [0, 0.05) is 17.1 Å². The Labute approximate surface area is 144 Å². The first-order valence-corrected chi connectivity index (χ1v) is 9.73. The second kappa shape index (κ2) is 7.74. The Morgan fingerprint density at radius 1 is 1.52 bits per heavy atom. The second-order valence-electron chi connectivity index (χ2n) is 5.33. The normalized spacial score (nSPS) is 19.5. The minimum absolute atomic E-state index is 0.0791. The Kier molecular flexibility index (Phi) is 6.19. The van der Waals surface area contributed by atoms with E-state index < -0.39 is 16.0 Å². The standard InChI is InChI=1S/C15H20BrNO5S/c1-3-21-15(18)11-6-7-14(12(16)9-11)23(19,20)17-10(2)13-5-4-8-22-13/h6-7,9-10,13,17H,3-5,8H2,1-2H3. The number of nitrogens with one attached hydrogen (secondary N) is 1. The van der Waals surface area contributed by atoms with Crippen LogP contribution in [0.3, 0.4) is 0 Å². The number of benzene rings is 1. The van der Waals surface area contributed by atoms with Gasteiger partial charge in [0.1, 0.15) is 0 Å². The third kappa shape index (κ3) is 4.53. The molecule has 8 heteroatoms. The molecule has 1 aromatic carbocycles. The number of ether oxygens (including phenoxy) is 2. The van der Waals surface area contributed by atoms with Crippen LogP contribution in [-0.4, -0.2) is 39.7 Å². The molecule has 2 rings (SSSR count). The number of sulfonamides is 1. The fourth-order valence-electron chi connectivity index (χ4n) is 2.44. The van der Waals surface area contributed by atoms with E-state index in [1.54, 1.807) is 13.8 Å². The average molecular weight is 406 g/mol. The number of rotatable bonds is 6. The third-order valence-corrected chi connectivity index (χ3v) is 6.13. The summed E-state index contributed by atoms with van der Waals surface area (Å²) in [6, 6.07) is 3.96. The summed E-state index contributed by atoms with van der Waals surface area (Å²) in [4.78, 5) is 11.8. The zero-order chi connectivity index (χ0) is 17.0. The van der Waals surface area contributed by atoms with E-state index >= 15 is 0 Å². The molecule has 1 fully saturated rings. The van der Waals surface area contributed by atoms with E-state index in [0.717, 1.165) is 12.8 Å². The maximum atomic E-state index is 12.5. The van der Waals surface area contributed by atoms with E-state index in [2.05, 4.69) is 20.7 Å². The Hall–Kier alpha value is -0.960. The summed E-state index contributed by atoms with van der Waals surface area (Å²) in [7, 11) is -3.71. The lowest BCUT2D eigenvalue weighted by Gasteiger charge is -2.20. The molecule has 0 bridgehead atoms. The minimum atomic E-state index is -3.71. The molecule has 128 valence electrons. The molecule has 6 nitrogen and oxygen atoms in total. The van der Waals surface area contributed by atoms with Crippen molar-refractivity contribution in [3.63, 3.8) is 0 Å². The predicted molar refractivity (Wildman–Crippen MR) is 88.9 cm³/mol. The fraction of sp³-hybridized carbons (Fsp3) is 0.533. The van der Waals surface area contributed by atoms with Crippen molar-refractivity contribution in [2.75, 3.05) is 13.2 Å². The largest absolute Gasteiger partial charge is 0.462 e. The van der Waals surface area contributed by atoms with Crippen molar-refractivity contribution < 1.29 is 22.7 Å². The predicted octanol–water partition coefficient (Wildman–Crippen LogP) is 2.47. The quantitative estimate of drug-likeness (QED) is 0.735. The first-order valence-electron chi connectivity index (χ1n) is 7.45. The molecule has 1 aliphatic rings. The fourth-order valence-corrected chi connectivity index (χ4v) is 4.79. The molecule has 1 heterocycles. The van der Waals surface area contributed by atoms with Crippen molar-refractivity contribution in [3.8, 4) is 0 Å². The van der Waals surface area contributed by atoms with Gasteiger partial charge < -0.3 is 9.47 Å². The summed E-state index contributed by atoms with van der Waals surface area (Å²) < 4.78 is 38.4. The zero-order valence-electron chi connectivity index (χ0n) is 13.0. The number of esters is 1. The SMILES string of the molecule is CCOC(=O)c1ccc(S(=O)(=O)NC(C)C2CCCO2)c(Br)c1. The van der Waals surface area contributed by atoms with Crippen LogP contribution in [0.1, 0.15) is 37.0 Å². The Morgan fingerprint density at radius 2 is 2.26 bits per heavy atom. The lowest BCUT2D eigenvalue weighted by atomic mass is 10.1. The molecule has 0 amide bonds. The minimum Gasteiger partial charge on any atom is -0.462 e. The second-order valence-corrected chi connectivity index (χ2v) is 7.86. The van der Waals surface area contributed by atoms with E-state index in [9.17, 15) is 13.2 Å². The van der Waals surface area contributed by atoms with Crippen molar-refractivity contribution in [1.82, 2.24) is 4.72 Å². The Bertz CT molecular complexity index is 670. The summed E-state index contributed by atoms with van der Waals surface area (Å²) in [5.41, 5.74) is 0.296. The van der Waals surface area contributed by atoms with Gasteiger partial charge in [0.05, 0.1) is 23.2 Å². The number of hydrogen-bond acceptors (Lipinski definition) is 5. The van der Waals surface area contributed by atoms with Crippen LogP contribution in [0.4, 0.5) is 0 Å². The number of hydrogen-bond donors (Lipinski definition) is 1. The smallest absolute Gasteiger partial charge is 0.338 e. The topological polar surface area (TPSA) is 81.7 Å². The number of halogens is 1.